The summed E-state index contributed by atoms with van der Waals surface area (Å²) < 4.78 is 11.5. The highest BCUT2D eigenvalue weighted by Crippen LogP contribution is 2.20. The second-order valence-corrected chi connectivity index (χ2v) is 5.26. The van der Waals surface area contributed by atoms with Gasteiger partial charge in [0, 0.05) is 6.54 Å². The van der Waals surface area contributed by atoms with Crippen LogP contribution >= 0.6 is 0 Å². The van der Waals surface area contributed by atoms with Crippen LogP contribution in [0.4, 0.5) is 0 Å². The first-order chi connectivity index (χ1) is 8.75. The second-order valence-electron chi connectivity index (χ2n) is 5.26. The average molecular weight is 251 g/mol. The molecule has 0 aromatic carbocycles. The van der Waals surface area contributed by atoms with Gasteiger partial charge in [-0.1, -0.05) is 19.3 Å². The molecule has 0 aliphatic heterocycles. The van der Waals surface area contributed by atoms with E-state index in [4.69, 9.17) is 9.15 Å². The summed E-state index contributed by atoms with van der Waals surface area (Å²) in [6, 6.07) is 4.30. The standard InChI is InChI=1S/C15H25NO2/c1-12-8-9-15(18-12)13(2)16-10-11-17-14-6-4-3-5-7-14/h8-9,13-14,16H,3-7,10-11H2,1-2H3. The van der Waals surface area contributed by atoms with Crippen molar-refractivity contribution < 1.29 is 9.15 Å². The molecule has 1 heterocycles. The van der Waals surface area contributed by atoms with Crippen molar-refractivity contribution in [3.63, 3.8) is 0 Å². The van der Waals surface area contributed by atoms with Crippen molar-refractivity contribution in [2.45, 2.75) is 58.1 Å². The summed E-state index contributed by atoms with van der Waals surface area (Å²) in [5.41, 5.74) is 0. The fourth-order valence-corrected chi connectivity index (χ4v) is 2.52. The van der Waals surface area contributed by atoms with Gasteiger partial charge in [-0.25, -0.2) is 0 Å². The Kier molecular flexibility index (Phi) is 5.26. The highest BCUT2D eigenvalue weighted by molar-refractivity contribution is 5.08. The third-order valence-electron chi connectivity index (χ3n) is 3.65. The van der Waals surface area contributed by atoms with Crippen molar-refractivity contribution in [2.24, 2.45) is 0 Å². The van der Waals surface area contributed by atoms with Gasteiger partial charge in [-0.15, -0.1) is 0 Å². The number of aryl methyl sites for hydroxylation is 1. The first-order valence-electron chi connectivity index (χ1n) is 7.17. The van der Waals surface area contributed by atoms with Gasteiger partial charge in [0.25, 0.3) is 0 Å². The lowest BCUT2D eigenvalue weighted by molar-refractivity contribution is 0.0293. The quantitative estimate of drug-likeness (QED) is 0.785. The number of furan rings is 1. The van der Waals surface area contributed by atoms with Crippen LogP contribution in [0.25, 0.3) is 0 Å². The maximum atomic E-state index is 5.88. The smallest absolute Gasteiger partial charge is 0.120 e. The van der Waals surface area contributed by atoms with Gasteiger partial charge in [0.2, 0.25) is 0 Å². The summed E-state index contributed by atoms with van der Waals surface area (Å²) in [5, 5.41) is 3.43. The molecule has 0 saturated heterocycles. The molecular weight excluding hydrogens is 226 g/mol. The van der Waals surface area contributed by atoms with Gasteiger partial charge in [-0.2, -0.15) is 0 Å². The molecule has 0 spiro atoms. The summed E-state index contributed by atoms with van der Waals surface area (Å²) in [4.78, 5) is 0. The Bertz CT molecular complexity index is 342. The van der Waals surface area contributed by atoms with E-state index in [2.05, 4.69) is 12.2 Å². The zero-order valence-electron chi connectivity index (χ0n) is 11.6. The molecule has 1 aliphatic carbocycles. The summed E-state index contributed by atoms with van der Waals surface area (Å²) >= 11 is 0. The Labute approximate surface area is 110 Å². The second kappa shape index (κ2) is 6.95. The van der Waals surface area contributed by atoms with E-state index in [1.54, 1.807) is 0 Å². The molecule has 3 nitrogen and oxygen atoms in total. The van der Waals surface area contributed by atoms with E-state index in [1.807, 2.05) is 19.1 Å². The molecule has 0 amide bonds. The molecule has 1 fully saturated rings. The molecule has 1 N–H and O–H groups in total. The number of hydrogen-bond acceptors (Lipinski definition) is 3. The van der Waals surface area contributed by atoms with Gasteiger partial charge in [-0.3, -0.25) is 0 Å². The third kappa shape index (κ3) is 4.14. The van der Waals surface area contributed by atoms with Crippen LogP contribution in [-0.4, -0.2) is 19.3 Å². The van der Waals surface area contributed by atoms with Crippen LogP contribution in [0.1, 0.15) is 56.6 Å². The Hall–Kier alpha value is -0.800. The summed E-state index contributed by atoms with van der Waals surface area (Å²) in [7, 11) is 0. The molecule has 2 rings (SSSR count). The van der Waals surface area contributed by atoms with Gasteiger partial charge < -0.3 is 14.5 Å². The van der Waals surface area contributed by atoms with Crippen LogP contribution < -0.4 is 5.32 Å². The van der Waals surface area contributed by atoms with E-state index in [-0.39, 0.29) is 6.04 Å². The van der Waals surface area contributed by atoms with Gasteiger partial charge in [0.05, 0.1) is 18.8 Å². The zero-order valence-corrected chi connectivity index (χ0v) is 11.6. The Morgan fingerprint density at radius 2 is 2.11 bits per heavy atom. The molecule has 0 radical (unpaired) electrons. The van der Waals surface area contributed by atoms with Crippen molar-refractivity contribution in [2.75, 3.05) is 13.2 Å². The summed E-state index contributed by atoms with van der Waals surface area (Å²) in [5.74, 6) is 1.97. The molecule has 1 aromatic heterocycles. The monoisotopic (exact) mass is 251 g/mol. The average Bonchev–Trinajstić information content (AvgIpc) is 2.82. The van der Waals surface area contributed by atoms with Gasteiger partial charge >= 0.3 is 0 Å². The van der Waals surface area contributed by atoms with E-state index in [0.717, 1.165) is 24.7 Å². The van der Waals surface area contributed by atoms with Crippen molar-refractivity contribution >= 4 is 0 Å². The zero-order chi connectivity index (χ0) is 12.8. The third-order valence-corrected chi connectivity index (χ3v) is 3.65. The number of hydrogen-bond donors (Lipinski definition) is 1. The summed E-state index contributed by atoms with van der Waals surface area (Å²) in [6.07, 6.45) is 7.04. The van der Waals surface area contributed by atoms with Crippen LogP contribution in [-0.2, 0) is 4.74 Å². The lowest BCUT2D eigenvalue weighted by Crippen LogP contribution is -2.26. The molecule has 0 bridgehead atoms. The SMILES string of the molecule is Cc1ccc(C(C)NCCOC2CCCCC2)o1. The van der Waals surface area contributed by atoms with Crippen molar-refractivity contribution in [1.82, 2.24) is 5.32 Å². The maximum absolute atomic E-state index is 5.88. The molecule has 3 heteroatoms. The Morgan fingerprint density at radius 3 is 2.78 bits per heavy atom. The van der Waals surface area contributed by atoms with Gasteiger partial charge in [0.1, 0.15) is 11.5 Å². The molecule has 1 saturated carbocycles. The van der Waals surface area contributed by atoms with Crippen molar-refractivity contribution in [3.05, 3.63) is 23.7 Å². The highest BCUT2D eigenvalue weighted by Gasteiger charge is 2.13. The lowest BCUT2D eigenvalue weighted by Gasteiger charge is -2.22. The fraction of sp³-hybridized carbons (Fsp3) is 0.733. The van der Waals surface area contributed by atoms with Gasteiger partial charge in [-0.05, 0) is 38.8 Å². The number of rotatable bonds is 6. The molecule has 1 unspecified atom stereocenters. The maximum Gasteiger partial charge on any atom is 0.120 e. The van der Waals surface area contributed by atoms with Crippen LogP contribution in [0.3, 0.4) is 0 Å². The van der Waals surface area contributed by atoms with E-state index in [1.165, 1.54) is 32.1 Å². The largest absolute Gasteiger partial charge is 0.465 e. The minimum Gasteiger partial charge on any atom is -0.465 e. The van der Waals surface area contributed by atoms with Crippen molar-refractivity contribution in [1.29, 1.82) is 0 Å². The van der Waals surface area contributed by atoms with Crippen LogP contribution in [0.5, 0.6) is 0 Å². The van der Waals surface area contributed by atoms with E-state index in [0.29, 0.717) is 6.10 Å². The highest BCUT2D eigenvalue weighted by atomic mass is 16.5. The number of nitrogens with one attached hydrogen (secondary N) is 1. The number of ether oxygens (including phenoxy) is 1. The topological polar surface area (TPSA) is 34.4 Å². The van der Waals surface area contributed by atoms with Crippen molar-refractivity contribution in [3.8, 4) is 0 Å². The predicted molar refractivity (Wildman–Crippen MR) is 72.7 cm³/mol. The van der Waals surface area contributed by atoms with E-state index in [9.17, 15) is 0 Å². The van der Waals surface area contributed by atoms with Crippen LogP contribution in [0, 0.1) is 6.92 Å². The fourth-order valence-electron chi connectivity index (χ4n) is 2.52. The van der Waals surface area contributed by atoms with Crippen LogP contribution in [0.15, 0.2) is 16.5 Å². The first kappa shape index (κ1) is 13.6. The molecule has 1 aliphatic rings. The van der Waals surface area contributed by atoms with Gasteiger partial charge in [0.15, 0.2) is 0 Å². The van der Waals surface area contributed by atoms with E-state index < -0.39 is 0 Å². The predicted octanol–water partition coefficient (Wildman–Crippen LogP) is 3.59. The normalized spacial score (nSPS) is 19.0. The minimum absolute atomic E-state index is 0.258. The Morgan fingerprint density at radius 1 is 1.33 bits per heavy atom. The molecule has 18 heavy (non-hydrogen) atoms. The molecule has 102 valence electrons. The Balaban J connectivity index is 1.60. The minimum atomic E-state index is 0.258. The lowest BCUT2D eigenvalue weighted by atomic mass is 9.98. The molecule has 1 aromatic rings. The molecular formula is C15H25NO2. The van der Waals surface area contributed by atoms with Crippen LogP contribution in [0.2, 0.25) is 0 Å². The summed E-state index contributed by atoms with van der Waals surface area (Å²) in [6.45, 7) is 5.79. The first-order valence-corrected chi connectivity index (χ1v) is 7.17. The molecule has 1 atom stereocenters. The van der Waals surface area contributed by atoms with E-state index >= 15 is 0 Å².